The fourth-order valence-electron chi connectivity index (χ4n) is 2.26. The lowest BCUT2D eigenvalue weighted by Gasteiger charge is -2.17. The number of nitrogens with zero attached hydrogens (tertiary/aromatic N) is 1. The van der Waals surface area contributed by atoms with Gasteiger partial charge in [0.15, 0.2) is 5.78 Å². The number of hydrogen-bond acceptors (Lipinski definition) is 4. The van der Waals surface area contributed by atoms with Crippen LogP contribution < -0.4 is 4.72 Å². The summed E-state index contributed by atoms with van der Waals surface area (Å²) in [6, 6.07) is 6.09. The fraction of sp³-hybridized carbons (Fsp3) is 0.429. The quantitative estimate of drug-likeness (QED) is 0.739. The van der Waals surface area contributed by atoms with Crippen molar-refractivity contribution in [3.8, 4) is 0 Å². The smallest absolute Gasteiger partial charge is 0.303 e. The Balaban J connectivity index is 2.08. The molecule has 2 N–H and O–H groups in total. The molecule has 0 aliphatic carbocycles. The molecule has 1 aliphatic heterocycles. The lowest BCUT2D eigenvalue weighted by Crippen LogP contribution is -2.33. The van der Waals surface area contributed by atoms with Gasteiger partial charge in [0.25, 0.3) is 0 Å². The first-order chi connectivity index (χ1) is 10.4. The summed E-state index contributed by atoms with van der Waals surface area (Å²) in [5, 5.41) is 8.59. The molecule has 0 aromatic heterocycles. The van der Waals surface area contributed by atoms with Gasteiger partial charge in [-0.3, -0.25) is 14.3 Å². The molecule has 1 heterocycles. The van der Waals surface area contributed by atoms with E-state index in [-0.39, 0.29) is 18.6 Å². The molecule has 1 fully saturated rings. The Kier molecular flexibility index (Phi) is 5.15. The van der Waals surface area contributed by atoms with Gasteiger partial charge in [-0.1, -0.05) is 12.1 Å². The number of Topliss-reactive ketones (excluding diaryl/α,β-unsaturated/α-hetero) is 1. The molecule has 1 saturated heterocycles. The van der Waals surface area contributed by atoms with E-state index in [1.54, 1.807) is 12.1 Å². The normalized spacial score (nSPS) is 15.6. The zero-order valence-corrected chi connectivity index (χ0v) is 12.8. The van der Waals surface area contributed by atoms with Crippen molar-refractivity contribution < 1.29 is 23.1 Å². The average molecular weight is 326 g/mol. The molecular formula is C14H18N2O5S. The van der Waals surface area contributed by atoms with E-state index in [9.17, 15) is 18.0 Å². The molecule has 0 radical (unpaired) electrons. The highest BCUT2D eigenvalue weighted by Gasteiger charge is 2.25. The van der Waals surface area contributed by atoms with E-state index in [4.69, 9.17) is 5.11 Å². The summed E-state index contributed by atoms with van der Waals surface area (Å²) in [4.78, 5) is 22.4. The summed E-state index contributed by atoms with van der Waals surface area (Å²) >= 11 is 0. The molecule has 0 unspecified atom stereocenters. The maximum absolute atomic E-state index is 12.2. The van der Waals surface area contributed by atoms with Crippen molar-refractivity contribution in [2.45, 2.75) is 25.7 Å². The van der Waals surface area contributed by atoms with E-state index in [0.717, 1.165) is 12.8 Å². The second-order valence-corrected chi connectivity index (χ2v) is 6.78. The molecule has 1 aromatic rings. The summed E-state index contributed by atoms with van der Waals surface area (Å²) in [6.07, 6.45) is 1.32. The van der Waals surface area contributed by atoms with Gasteiger partial charge in [0.2, 0.25) is 0 Å². The number of carboxylic acids is 1. The molecule has 7 nitrogen and oxygen atoms in total. The lowest BCUT2D eigenvalue weighted by molar-refractivity contribution is -0.136. The van der Waals surface area contributed by atoms with Crippen molar-refractivity contribution in [2.75, 3.05) is 17.8 Å². The SMILES string of the molecule is O=C(O)CCC(=O)c1cccc(NS(=O)(=O)N2CCCC2)c1. The maximum atomic E-state index is 12.2. The summed E-state index contributed by atoms with van der Waals surface area (Å²) in [5.74, 6) is -1.37. The van der Waals surface area contributed by atoms with Crippen LogP contribution in [-0.2, 0) is 15.0 Å². The summed E-state index contributed by atoms with van der Waals surface area (Å²) in [6.45, 7) is 0.985. The molecule has 8 heteroatoms. The van der Waals surface area contributed by atoms with Crippen molar-refractivity contribution in [3.63, 3.8) is 0 Å². The van der Waals surface area contributed by atoms with E-state index in [0.29, 0.717) is 24.3 Å². The Labute approximate surface area is 129 Å². The number of ketones is 1. The monoisotopic (exact) mass is 326 g/mol. The predicted molar refractivity (Wildman–Crippen MR) is 81.0 cm³/mol. The van der Waals surface area contributed by atoms with Gasteiger partial charge in [-0.25, -0.2) is 0 Å². The number of carboxylic acid groups (broad SMARTS) is 1. The van der Waals surface area contributed by atoms with Crippen LogP contribution in [0, 0.1) is 0 Å². The van der Waals surface area contributed by atoms with Crippen molar-refractivity contribution in [1.29, 1.82) is 0 Å². The Hall–Kier alpha value is -1.93. The van der Waals surface area contributed by atoms with Crippen LogP contribution in [0.2, 0.25) is 0 Å². The number of nitrogens with one attached hydrogen (secondary N) is 1. The number of rotatable bonds is 7. The average Bonchev–Trinajstić information content (AvgIpc) is 2.99. The summed E-state index contributed by atoms with van der Waals surface area (Å²) in [5.41, 5.74) is 0.593. The second kappa shape index (κ2) is 6.89. The maximum Gasteiger partial charge on any atom is 0.303 e. The van der Waals surface area contributed by atoms with Crippen molar-refractivity contribution in [3.05, 3.63) is 29.8 Å². The van der Waals surface area contributed by atoms with Crippen LogP contribution in [0.5, 0.6) is 0 Å². The first kappa shape index (κ1) is 16.4. The number of aliphatic carboxylic acids is 1. The topological polar surface area (TPSA) is 104 Å². The van der Waals surface area contributed by atoms with Gasteiger partial charge in [0, 0.05) is 25.1 Å². The summed E-state index contributed by atoms with van der Waals surface area (Å²) < 4.78 is 28.1. The minimum absolute atomic E-state index is 0.113. The van der Waals surface area contributed by atoms with Gasteiger partial charge < -0.3 is 5.11 Å². The number of benzene rings is 1. The minimum Gasteiger partial charge on any atom is -0.481 e. The van der Waals surface area contributed by atoms with Gasteiger partial charge in [0.1, 0.15) is 0 Å². The third-order valence-corrected chi connectivity index (χ3v) is 4.94. The number of carbonyl (C=O) groups excluding carboxylic acids is 1. The van der Waals surface area contributed by atoms with E-state index in [1.165, 1.54) is 16.4 Å². The van der Waals surface area contributed by atoms with Crippen LogP contribution in [0.3, 0.4) is 0 Å². The molecule has 0 saturated carbocycles. The highest BCUT2D eigenvalue weighted by molar-refractivity contribution is 7.90. The van der Waals surface area contributed by atoms with Gasteiger partial charge >= 0.3 is 16.2 Å². The van der Waals surface area contributed by atoms with E-state index < -0.39 is 16.2 Å². The van der Waals surface area contributed by atoms with Crippen LogP contribution in [0.15, 0.2) is 24.3 Å². The van der Waals surface area contributed by atoms with E-state index in [1.807, 2.05) is 0 Å². The van der Waals surface area contributed by atoms with Gasteiger partial charge in [-0.05, 0) is 25.0 Å². The van der Waals surface area contributed by atoms with E-state index in [2.05, 4.69) is 4.72 Å². The Morgan fingerprint density at radius 3 is 2.50 bits per heavy atom. The molecular weight excluding hydrogens is 308 g/mol. The first-order valence-corrected chi connectivity index (χ1v) is 8.45. The number of hydrogen-bond donors (Lipinski definition) is 2. The third-order valence-electron chi connectivity index (χ3n) is 3.40. The Morgan fingerprint density at radius 2 is 1.86 bits per heavy atom. The van der Waals surface area contributed by atoms with E-state index >= 15 is 0 Å². The molecule has 0 bridgehead atoms. The van der Waals surface area contributed by atoms with Gasteiger partial charge in [0.05, 0.1) is 12.1 Å². The van der Waals surface area contributed by atoms with Gasteiger partial charge in [-0.15, -0.1) is 0 Å². The first-order valence-electron chi connectivity index (χ1n) is 7.01. The second-order valence-electron chi connectivity index (χ2n) is 5.11. The van der Waals surface area contributed by atoms with Crippen molar-refractivity contribution >= 4 is 27.6 Å². The molecule has 1 aliphatic rings. The predicted octanol–water partition coefficient (Wildman–Crippen LogP) is 1.49. The number of carbonyl (C=O) groups is 2. The fourth-order valence-corrected chi connectivity index (χ4v) is 3.56. The minimum atomic E-state index is -3.60. The molecule has 0 atom stereocenters. The standard InChI is InChI=1S/C14H18N2O5S/c17-13(6-7-14(18)19)11-4-3-5-12(10-11)15-22(20,21)16-8-1-2-9-16/h3-5,10,15H,1-2,6-9H2,(H,18,19). The van der Waals surface area contributed by atoms with Crippen LogP contribution >= 0.6 is 0 Å². The molecule has 0 amide bonds. The molecule has 1 aromatic carbocycles. The summed E-state index contributed by atoms with van der Waals surface area (Å²) in [7, 11) is -3.60. The Morgan fingerprint density at radius 1 is 1.18 bits per heavy atom. The highest BCUT2D eigenvalue weighted by atomic mass is 32.2. The van der Waals surface area contributed by atoms with Gasteiger partial charge in [-0.2, -0.15) is 12.7 Å². The molecule has 2 rings (SSSR count). The zero-order valence-electron chi connectivity index (χ0n) is 12.0. The molecule has 120 valence electrons. The van der Waals surface area contributed by atoms with Crippen LogP contribution in [0.4, 0.5) is 5.69 Å². The lowest BCUT2D eigenvalue weighted by atomic mass is 10.1. The largest absolute Gasteiger partial charge is 0.481 e. The van der Waals surface area contributed by atoms with Crippen LogP contribution in [0.1, 0.15) is 36.0 Å². The Bertz CT molecular complexity index is 666. The number of anilines is 1. The zero-order chi connectivity index (χ0) is 16.2. The third kappa shape index (κ3) is 4.28. The molecule has 0 spiro atoms. The molecule has 22 heavy (non-hydrogen) atoms. The highest BCUT2D eigenvalue weighted by Crippen LogP contribution is 2.18. The van der Waals surface area contributed by atoms with Crippen molar-refractivity contribution in [1.82, 2.24) is 4.31 Å². The van der Waals surface area contributed by atoms with Crippen LogP contribution in [-0.4, -0.2) is 42.7 Å². The van der Waals surface area contributed by atoms with Crippen LogP contribution in [0.25, 0.3) is 0 Å². The van der Waals surface area contributed by atoms with Crippen molar-refractivity contribution in [2.24, 2.45) is 0 Å².